The van der Waals surface area contributed by atoms with Gasteiger partial charge in [-0.25, -0.2) is 0 Å². The number of nitrogens with one attached hydrogen (secondary N) is 1. The monoisotopic (exact) mass is 328 g/mol. The number of nitro benzene ring substituents is 1. The van der Waals surface area contributed by atoms with Crippen molar-refractivity contribution in [2.75, 3.05) is 11.9 Å². The summed E-state index contributed by atoms with van der Waals surface area (Å²) in [6.45, 7) is 0.661. The molecular weight excluding hydrogens is 312 g/mol. The molecule has 19 heavy (non-hydrogen) atoms. The van der Waals surface area contributed by atoms with Crippen molar-refractivity contribution in [3.05, 3.63) is 32.8 Å². The summed E-state index contributed by atoms with van der Waals surface area (Å²) in [7, 11) is 0. The van der Waals surface area contributed by atoms with Gasteiger partial charge in [-0.05, 0) is 37.3 Å². The molecule has 1 aromatic carbocycles. The highest BCUT2D eigenvalue weighted by Gasteiger charge is 2.21. The van der Waals surface area contributed by atoms with Gasteiger partial charge in [-0.15, -0.1) is 0 Å². The number of rotatable bonds is 4. The lowest BCUT2D eigenvalue weighted by molar-refractivity contribution is -0.384. The lowest BCUT2D eigenvalue weighted by Gasteiger charge is -2.26. The van der Waals surface area contributed by atoms with Crippen LogP contribution < -0.4 is 5.32 Å². The van der Waals surface area contributed by atoms with Gasteiger partial charge in [0.15, 0.2) is 0 Å². The minimum absolute atomic E-state index is 0.0829. The van der Waals surface area contributed by atoms with Gasteiger partial charge in [-0.2, -0.15) is 0 Å². The molecule has 2 N–H and O–H groups in total. The van der Waals surface area contributed by atoms with E-state index >= 15 is 0 Å². The molecule has 1 aliphatic carbocycles. The van der Waals surface area contributed by atoms with E-state index in [1.165, 1.54) is 6.07 Å². The van der Waals surface area contributed by atoms with Gasteiger partial charge in [0.05, 0.1) is 11.0 Å². The number of hydrogen-bond donors (Lipinski definition) is 2. The Morgan fingerprint density at radius 1 is 1.47 bits per heavy atom. The highest BCUT2D eigenvalue weighted by atomic mass is 79.9. The number of aliphatic hydroxyl groups excluding tert-OH is 1. The molecule has 0 heterocycles. The van der Waals surface area contributed by atoms with Crippen molar-refractivity contribution in [1.82, 2.24) is 0 Å². The Balaban J connectivity index is 2.02. The molecule has 0 aliphatic heterocycles. The molecule has 1 saturated carbocycles. The lowest BCUT2D eigenvalue weighted by atomic mass is 9.87. The fourth-order valence-corrected chi connectivity index (χ4v) is 2.87. The van der Waals surface area contributed by atoms with Crippen molar-refractivity contribution in [2.45, 2.75) is 31.8 Å². The summed E-state index contributed by atoms with van der Waals surface area (Å²) >= 11 is 3.32. The van der Waals surface area contributed by atoms with Crippen LogP contribution in [0.15, 0.2) is 22.7 Å². The summed E-state index contributed by atoms with van der Waals surface area (Å²) in [6.07, 6.45) is 3.50. The molecule has 1 aliphatic rings. The maximum atomic E-state index is 10.9. The van der Waals surface area contributed by atoms with Crippen molar-refractivity contribution < 1.29 is 10.0 Å². The van der Waals surface area contributed by atoms with Crippen molar-refractivity contribution in [3.63, 3.8) is 0 Å². The van der Waals surface area contributed by atoms with E-state index in [0.29, 0.717) is 18.2 Å². The van der Waals surface area contributed by atoms with E-state index in [1.807, 2.05) is 0 Å². The Bertz CT molecular complexity index is 467. The van der Waals surface area contributed by atoms with Crippen LogP contribution >= 0.6 is 15.9 Å². The van der Waals surface area contributed by atoms with Crippen LogP contribution in [0.25, 0.3) is 0 Å². The molecule has 1 fully saturated rings. The smallest absolute Gasteiger partial charge is 0.292 e. The van der Waals surface area contributed by atoms with E-state index in [2.05, 4.69) is 21.2 Å². The summed E-state index contributed by atoms with van der Waals surface area (Å²) in [4.78, 5) is 10.6. The predicted molar refractivity (Wildman–Crippen MR) is 77.3 cm³/mol. The maximum absolute atomic E-state index is 10.9. The standard InChI is InChI=1S/C13H17BrN2O3/c14-10-4-5-13(16(18)19)12(7-10)15-8-9-2-1-3-11(17)6-9/h4-5,7,9,11,15,17H,1-3,6,8H2. The van der Waals surface area contributed by atoms with Crippen LogP contribution in [0.2, 0.25) is 0 Å². The molecule has 104 valence electrons. The molecule has 5 nitrogen and oxygen atoms in total. The second-order valence-corrected chi connectivity index (χ2v) is 5.90. The van der Waals surface area contributed by atoms with Crippen LogP contribution in [-0.2, 0) is 0 Å². The van der Waals surface area contributed by atoms with Crippen LogP contribution in [-0.4, -0.2) is 22.7 Å². The van der Waals surface area contributed by atoms with Gasteiger partial charge in [0.25, 0.3) is 5.69 Å². The van der Waals surface area contributed by atoms with Crippen molar-refractivity contribution in [2.24, 2.45) is 5.92 Å². The number of aliphatic hydroxyl groups is 1. The molecule has 0 radical (unpaired) electrons. The van der Waals surface area contributed by atoms with E-state index in [9.17, 15) is 15.2 Å². The first-order chi connectivity index (χ1) is 9.06. The zero-order valence-electron chi connectivity index (χ0n) is 10.5. The van der Waals surface area contributed by atoms with E-state index in [-0.39, 0.29) is 16.7 Å². The Morgan fingerprint density at radius 2 is 2.26 bits per heavy atom. The van der Waals surface area contributed by atoms with Crippen LogP contribution in [0.3, 0.4) is 0 Å². The Kier molecular flexibility index (Phi) is 4.76. The van der Waals surface area contributed by atoms with E-state index < -0.39 is 0 Å². The average molecular weight is 329 g/mol. The van der Waals surface area contributed by atoms with Crippen molar-refractivity contribution in [1.29, 1.82) is 0 Å². The molecule has 2 rings (SSSR count). The molecule has 2 unspecified atom stereocenters. The molecule has 0 spiro atoms. The highest BCUT2D eigenvalue weighted by molar-refractivity contribution is 9.10. The fourth-order valence-electron chi connectivity index (χ4n) is 2.51. The normalized spacial score (nSPS) is 23.1. The van der Waals surface area contributed by atoms with E-state index in [0.717, 1.165) is 30.2 Å². The van der Waals surface area contributed by atoms with Gasteiger partial charge in [0.1, 0.15) is 5.69 Å². The second kappa shape index (κ2) is 6.34. The SMILES string of the molecule is O=[N+]([O-])c1ccc(Br)cc1NCC1CCCC(O)C1. The number of halogens is 1. The third-order valence-electron chi connectivity index (χ3n) is 3.49. The first kappa shape index (κ1) is 14.3. The van der Waals surface area contributed by atoms with E-state index in [1.54, 1.807) is 12.1 Å². The highest BCUT2D eigenvalue weighted by Crippen LogP contribution is 2.30. The number of benzene rings is 1. The van der Waals surface area contributed by atoms with Gasteiger partial charge in [0.2, 0.25) is 0 Å². The summed E-state index contributed by atoms with van der Waals surface area (Å²) in [5, 5.41) is 23.7. The second-order valence-electron chi connectivity index (χ2n) is 4.99. The summed E-state index contributed by atoms with van der Waals surface area (Å²) < 4.78 is 0.810. The maximum Gasteiger partial charge on any atom is 0.292 e. The first-order valence-electron chi connectivity index (χ1n) is 6.42. The largest absolute Gasteiger partial charge is 0.393 e. The van der Waals surface area contributed by atoms with Crippen LogP contribution in [0, 0.1) is 16.0 Å². The fraction of sp³-hybridized carbons (Fsp3) is 0.538. The number of nitrogens with zero attached hydrogens (tertiary/aromatic N) is 1. The topological polar surface area (TPSA) is 75.4 Å². The minimum atomic E-state index is -0.384. The van der Waals surface area contributed by atoms with Gasteiger partial charge in [-0.3, -0.25) is 10.1 Å². The molecule has 0 bridgehead atoms. The first-order valence-corrected chi connectivity index (χ1v) is 7.21. The van der Waals surface area contributed by atoms with Gasteiger partial charge in [0, 0.05) is 17.1 Å². The van der Waals surface area contributed by atoms with Crippen molar-refractivity contribution >= 4 is 27.3 Å². The average Bonchev–Trinajstić information content (AvgIpc) is 2.36. The molecule has 2 atom stereocenters. The number of nitro groups is 1. The quantitative estimate of drug-likeness (QED) is 0.656. The number of hydrogen-bond acceptors (Lipinski definition) is 4. The van der Waals surface area contributed by atoms with Crippen LogP contribution in [0.1, 0.15) is 25.7 Å². The van der Waals surface area contributed by atoms with Gasteiger partial charge in [-0.1, -0.05) is 22.4 Å². The molecule has 0 saturated heterocycles. The van der Waals surface area contributed by atoms with Crippen LogP contribution in [0.5, 0.6) is 0 Å². The minimum Gasteiger partial charge on any atom is -0.393 e. The Hall–Kier alpha value is -1.14. The summed E-state index contributed by atoms with van der Waals surface area (Å²) in [5.41, 5.74) is 0.610. The van der Waals surface area contributed by atoms with Crippen molar-refractivity contribution in [3.8, 4) is 0 Å². The molecule has 0 amide bonds. The van der Waals surface area contributed by atoms with E-state index in [4.69, 9.17) is 0 Å². The zero-order chi connectivity index (χ0) is 13.8. The zero-order valence-corrected chi connectivity index (χ0v) is 12.1. The van der Waals surface area contributed by atoms with Crippen LogP contribution in [0.4, 0.5) is 11.4 Å². The molecule has 6 heteroatoms. The molecular formula is C13H17BrN2O3. The summed E-state index contributed by atoms with van der Waals surface area (Å²) in [5.74, 6) is 0.377. The number of anilines is 1. The summed E-state index contributed by atoms with van der Waals surface area (Å²) in [6, 6.07) is 4.87. The lowest BCUT2D eigenvalue weighted by Crippen LogP contribution is -2.25. The Morgan fingerprint density at radius 3 is 2.95 bits per heavy atom. The predicted octanol–water partition coefficient (Wildman–Crippen LogP) is 3.32. The van der Waals surface area contributed by atoms with Gasteiger partial charge >= 0.3 is 0 Å². The molecule has 0 aromatic heterocycles. The third-order valence-corrected chi connectivity index (χ3v) is 3.98. The third kappa shape index (κ3) is 3.91. The molecule has 1 aromatic rings. The van der Waals surface area contributed by atoms with Gasteiger partial charge < -0.3 is 10.4 Å². The Labute approximate surface area is 120 Å².